The minimum absolute atomic E-state index is 0.366. The van der Waals surface area contributed by atoms with Crippen molar-refractivity contribution in [2.45, 2.75) is 16.7 Å². The van der Waals surface area contributed by atoms with Crippen LogP contribution in [0.2, 0.25) is 0 Å². The van der Waals surface area contributed by atoms with Crippen molar-refractivity contribution in [1.29, 1.82) is 0 Å². The van der Waals surface area contributed by atoms with Crippen LogP contribution in [0.5, 0.6) is 0 Å². The van der Waals surface area contributed by atoms with Crippen molar-refractivity contribution < 1.29 is 8.42 Å². The van der Waals surface area contributed by atoms with Gasteiger partial charge in [-0.3, -0.25) is 0 Å². The smallest absolute Gasteiger partial charge is 0.175 e. The lowest BCUT2D eigenvalue weighted by Crippen LogP contribution is -2.05. The minimum atomic E-state index is -3.11. The van der Waals surface area contributed by atoms with Gasteiger partial charge in [0.15, 0.2) is 9.84 Å². The minimum Gasteiger partial charge on any atom is -0.384 e. The number of nitrogens with one attached hydrogen (secondary N) is 1. The van der Waals surface area contributed by atoms with Crippen LogP contribution in [-0.4, -0.2) is 27.0 Å². The molecule has 5 heteroatoms. The molecule has 0 amide bonds. The van der Waals surface area contributed by atoms with E-state index in [1.165, 1.54) is 11.8 Å². The zero-order chi connectivity index (χ0) is 15.3. The highest BCUT2D eigenvalue weighted by molar-refractivity contribution is 7.99. The van der Waals surface area contributed by atoms with E-state index in [0.717, 1.165) is 22.9 Å². The Balaban J connectivity index is 1.83. The maximum Gasteiger partial charge on any atom is 0.175 e. The molecule has 0 radical (unpaired) electrons. The standard InChI is InChI=1S/C16H19NO2S2/c1-13-5-3-4-6-16(13)17-11-12-20-14-7-9-15(10-8-14)21(2,18)19/h3-10,17H,11-12H2,1-2H3. The Bertz CT molecular complexity index is 694. The molecule has 1 N–H and O–H groups in total. The second kappa shape index (κ2) is 7.00. The van der Waals surface area contributed by atoms with E-state index in [1.54, 1.807) is 23.9 Å². The molecule has 3 nitrogen and oxygen atoms in total. The van der Waals surface area contributed by atoms with E-state index in [4.69, 9.17) is 0 Å². The van der Waals surface area contributed by atoms with E-state index in [-0.39, 0.29) is 0 Å². The first kappa shape index (κ1) is 15.9. The summed E-state index contributed by atoms with van der Waals surface area (Å²) in [4.78, 5) is 1.44. The molecular weight excluding hydrogens is 302 g/mol. The van der Waals surface area contributed by atoms with Gasteiger partial charge in [-0.2, -0.15) is 0 Å². The highest BCUT2D eigenvalue weighted by Gasteiger charge is 2.06. The van der Waals surface area contributed by atoms with Gasteiger partial charge in [0.25, 0.3) is 0 Å². The number of hydrogen-bond acceptors (Lipinski definition) is 4. The number of para-hydroxylation sites is 1. The zero-order valence-electron chi connectivity index (χ0n) is 12.2. The molecule has 0 aliphatic rings. The van der Waals surface area contributed by atoms with E-state index < -0.39 is 9.84 Å². The van der Waals surface area contributed by atoms with Crippen LogP contribution < -0.4 is 5.32 Å². The van der Waals surface area contributed by atoms with Crippen LogP contribution in [0, 0.1) is 6.92 Å². The van der Waals surface area contributed by atoms with Crippen LogP contribution in [0.3, 0.4) is 0 Å². The molecule has 21 heavy (non-hydrogen) atoms. The van der Waals surface area contributed by atoms with Gasteiger partial charge in [0, 0.05) is 29.1 Å². The maximum atomic E-state index is 11.4. The Hall–Kier alpha value is -1.46. The van der Waals surface area contributed by atoms with Gasteiger partial charge in [-0.1, -0.05) is 18.2 Å². The summed E-state index contributed by atoms with van der Waals surface area (Å²) in [7, 11) is -3.11. The highest BCUT2D eigenvalue weighted by atomic mass is 32.2. The number of anilines is 1. The second-order valence-corrected chi connectivity index (χ2v) is 8.02. The van der Waals surface area contributed by atoms with Gasteiger partial charge in [0.2, 0.25) is 0 Å². The van der Waals surface area contributed by atoms with Gasteiger partial charge in [-0.25, -0.2) is 8.42 Å². The van der Waals surface area contributed by atoms with Crippen molar-refractivity contribution in [2.24, 2.45) is 0 Å². The van der Waals surface area contributed by atoms with E-state index in [2.05, 4.69) is 24.4 Å². The average molecular weight is 321 g/mol. The monoisotopic (exact) mass is 321 g/mol. The zero-order valence-corrected chi connectivity index (χ0v) is 13.8. The highest BCUT2D eigenvalue weighted by Crippen LogP contribution is 2.20. The fraction of sp³-hybridized carbons (Fsp3) is 0.250. The van der Waals surface area contributed by atoms with Gasteiger partial charge < -0.3 is 5.32 Å². The molecule has 0 aliphatic heterocycles. The molecule has 0 aliphatic carbocycles. The Morgan fingerprint density at radius 1 is 1.05 bits per heavy atom. The summed E-state index contributed by atoms with van der Waals surface area (Å²) < 4.78 is 22.8. The molecule has 2 aromatic rings. The van der Waals surface area contributed by atoms with Crippen molar-refractivity contribution in [3.63, 3.8) is 0 Å². The van der Waals surface area contributed by atoms with E-state index in [9.17, 15) is 8.42 Å². The topological polar surface area (TPSA) is 46.2 Å². The lowest BCUT2D eigenvalue weighted by molar-refractivity contribution is 0.602. The number of rotatable bonds is 6. The number of hydrogen-bond donors (Lipinski definition) is 1. The molecule has 2 aromatic carbocycles. The lowest BCUT2D eigenvalue weighted by Gasteiger charge is -2.09. The van der Waals surface area contributed by atoms with E-state index in [0.29, 0.717) is 4.90 Å². The molecule has 0 fully saturated rings. The average Bonchev–Trinajstić information content (AvgIpc) is 2.45. The van der Waals surface area contributed by atoms with Crippen LogP contribution >= 0.6 is 11.8 Å². The summed E-state index contributed by atoms with van der Waals surface area (Å²) in [5.74, 6) is 0.923. The molecule has 0 saturated heterocycles. The van der Waals surface area contributed by atoms with Crippen molar-refractivity contribution in [1.82, 2.24) is 0 Å². The largest absolute Gasteiger partial charge is 0.384 e. The Labute approximate surface area is 130 Å². The van der Waals surface area contributed by atoms with Crippen molar-refractivity contribution in [3.05, 3.63) is 54.1 Å². The van der Waals surface area contributed by atoms with Crippen LogP contribution in [0.1, 0.15) is 5.56 Å². The first-order chi connectivity index (χ1) is 9.97. The predicted octanol–water partition coefficient (Wildman–Crippen LogP) is 3.60. The van der Waals surface area contributed by atoms with Crippen molar-refractivity contribution in [3.8, 4) is 0 Å². The normalized spacial score (nSPS) is 11.3. The third-order valence-electron chi connectivity index (χ3n) is 3.08. The maximum absolute atomic E-state index is 11.4. The third-order valence-corrected chi connectivity index (χ3v) is 5.23. The Morgan fingerprint density at radius 2 is 1.71 bits per heavy atom. The molecule has 2 rings (SSSR count). The molecule has 0 aromatic heterocycles. The predicted molar refractivity (Wildman–Crippen MR) is 89.9 cm³/mol. The van der Waals surface area contributed by atoms with Crippen molar-refractivity contribution >= 4 is 27.3 Å². The summed E-state index contributed by atoms with van der Waals surface area (Å²) in [5, 5.41) is 3.40. The molecule has 112 valence electrons. The van der Waals surface area contributed by atoms with Crippen LogP contribution in [0.15, 0.2) is 58.3 Å². The quantitative estimate of drug-likeness (QED) is 0.652. The molecule has 0 bridgehead atoms. The summed E-state index contributed by atoms with van der Waals surface area (Å²) >= 11 is 1.71. The van der Waals surface area contributed by atoms with E-state index in [1.807, 2.05) is 24.3 Å². The molecule has 0 unspecified atom stereocenters. The van der Waals surface area contributed by atoms with Gasteiger partial charge in [0.1, 0.15) is 0 Å². The number of aryl methyl sites for hydroxylation is 1. The second-order valence-electron chi connectivity index (χ2n) is 4.83. The number of benzene rings is 2. The number of sulfone groups is 1. The van der Waals surface area contributed by atoms with Gasteiger partial charge in [-0.15, -0.1) is 11.8 Å². The van der Waals surface area contributed by atoms with E-state index >= 15 is 0 Å². The molecule has 0 heterocycles. The fourth-order valence-electron chi connectivity index (χ4n) is 1.91. The van der Waals surface area contributed by atoms with Gasteiger partial charge in [0.05, 0.1) is 4.90 Å². The van der Waals surface area contributed by atoms with Crippen LogP contribution in [0.4, 0.5) is 5.69 Å². The molecule has 0 saturated carbocycles. The first-order valence-electron chi connectivity index (χ1n) is 6.69. The summed E-state index contributed by atoms with van der Waals surface area (Å²) in [6.45, 7) is 2.95. The Morgan fingerprint density at radius 3 is 2.33 bits per heavy atom. The molecule has 0 atom stereocenters. The SMILES string of the molecule is Cc1ccccc1NCCSc1ccc(S(C)(=O)=O)cc1. The molecule has 0 spiro atoms. The fourth-order valence-corrected chi connectivity index (χ4v) is 3.31. The van der Waals surface area contributed by atoms with Crippen LogP contribution in [-0.2, 0) is 9.84 Å². The summed E-state index contributed by atoms with van der Waals surface area (Å²) in [6.07, 6.45) is 1.22. The summed E-state index contributed by atoms with van der Waals surface area (Å²) in [5.41, 5.74) is 2.39. The van der Waals surface area contributed by atoms with Crippen LogP contribution in [0.25, 0.3) is 0 Å². The molecular formula is C16H19NO2S2. The first-order valence-corrected chi connectivity index (χ1v) is 9.57. The van der Waals surface area contributed by atoms with Gasteiger partial charge >= 0.3 is 0 Å². The Kier molecular flexibility index (Phi) is 5.31. The summed E-state index contributed by atoms with van der Waals surface area (Å²) in [6, 6.07) is 15.2. The lowest BCUT2D eigenvalue weighted by atomic mass is 10.2. The number of thioether (sulfide) groups is 1. The van der Waals surface area contributed by atoms with Gasteiger partial charge in [-0.05, 0) is 42.8 Å². The third kappa shape index (κ3) is 4.79. The van der Waals surface area contributed by atoms with Crippen molar-refractivity contribution in [2.75, 3.05) is 23.9 Å².